The molecule has 0 saturated carbocycles. The second-order valence-electron chi connectivity index (χ2n) is 5.67. The van der Waals surface area contributed by atoms with Crippen molar-refractivity contribution < 1.29 is 18.7 Å². The van der Waals surface area contributed by atoms with Gasteiger partial charge in [0.2, 0.25) is 0 Å². The van der Waals surface area contributed by atoms with Crippen molar-refractivity contribution in [1.29, 1.82) is 0 Å². The normalized spacial score (nSPS) is 11.7. The number of ether oxygens (including phenoxy) is 1. The SMILES string of the molecule is O=C(COC(=O)CCc1ccco1)N[C@H](c1ccccc1)c1cccs1. The largest absolute Gasteiger partial charge is 0.469 e. The standard InChI is InChI=1S/C20H19NO4S/c22-18(14-25-19(23)11-10-16-8-4-12-24-16)21-20(17-9-5-13-26-17)15-6-2-1-3-7-15/h1-9,12-13,20H,10-11,14H2,(H,21,22)/t20-/m1/s1. The fourth-order valence-electron chi connectivity index (χ4n) is 2.52. The minimum atomic E-state index is -0.427. The van der Waals surface area contributed by atoms with Gasteiger partial charge in [-0.25, -0.2) is 0 Å². The van der Waals surface area contributed by atoms with Gasteiger partial charge in [-0.3, -0.25) is 9.59 Å². The smallest absolute Gasteiger partial charge is 0.306 e. The lowest BCUT2D eigenvalue weighted by atomic mass is 10.1. The quantitative estimate of drug-likeness (QED) is 0.615. The second-order valence-corrected chi connectivity index (χ2v) is 6.65. The Hall–Kier alpha value is -2.86. The molecule has 1 atom stereocenters. The summed E-state index contributed by atoms with van der Waals surface area (Å²) in [7, 11) is 0. The molecule has 2 aromatic heterocycles. The topological polar surface area (TPSA) is 68.5 Å². The van der Waals surface area contributed by atoms with Gasteiger partial charge in [0.05, 0.1) is 18.7 Å². The third kappa shape index (κ3) is 5.07. The van der Waals surface area contributed by atoms with E-state index in [2.05, 4.69) is 5.32 Å². The number of hydrogen-bond acceptors (Lipinski definition) is 5. The molecule has 0 spiro atoms. The number of hydrogen-bond donors (Lipinski definition) is 1. The highest BCUT2D eigenvalue weighted by Gasteiger charge is 2.18. The highest BCUT2D eigenvalue weighted by molar-refractivity contribution is 7.10. The molecule has 26 heavy (non-hydrogen) atoms. The minimum Gasteiger partial charge on any atom is -0.469 e. The molecular formula is C20H19NO4S. The number of furan rings is 1. The Bertz CT molecular complexity index is 813. The van der Waals surface area contributed by atoms with E-state index in [0.717, 1.165) is 10.4 Å². The lowest BCUT2D eigenvalue weighted by Crippen LogP contribution is -2.32. The van der Waals surface area contributed by atoms with Crippen LogP contribution in [0.4, 0.5) is 0 Å². The van der Waals surface area contributed by atoms with Gasteiger partial charge in [0.1, 0.15) is 5.76 Å². The summed E-state index contributed by atoms with van der Waals surface area (Å²) in [6.07, 6.45) is 2.19. The number of carbonyl (C=O) groups excluding carboxylic acids is 2. The third-order valence-corrected chi connectivity index (χ3v) is 4.72. The maximum absolute atomic E-state index is 12.3. The van der Waals surface area contributed by atoms with Crippen molar-refractivity contribution in [3.8, 4) is 0 Å². The number of thiophene rings is 1. The fraction of sp³-hybridized carbons (Fsp3) is 0.200. The van der Waals surface area contributed by atoms with Gasteiger partial charge in [0, 0.05) is 11.3 Å². The molecule has 1 amide bonds. The van der Waals surface area contributed by atoms with Crippen LogP contribution < -0.4 is 5.32 Å². The van der Waals surface area contributed by atoms with Crippen molar-refractivity contribution in [1.82, 2.24) is 5.32 Å². The van der Waals surface area contributed by atoms with E-state index in [-0.39, 0.29) is 25.0 Å². The average molecular weight is 369 g/mol. The summed E-state index contributed by atoms with van der Waals surface area (Å²) in [4.78, 5) is 25.1. The highest BCUT2D eigenvalue weighted by Crippen LogP contribution is 2.25. The molecule has 5 nitrogen and oxygen atoms in total. The Balaban J connectivity index is 1.52. The van der Waals surface area contributed by atoms with Crippen LogP contribution in [0.25, 0.3) is 0 Å². The summed E-state index contributed by atoms with van der Waals surface area (Å²) in [6.45, 7) is -0.300. The van der Waals surface area contributed by atoms with Gasteiger partial charge in [-0.05, 0) is 29.1 Å². The summed E-state index contributed by atoms with van der Waals surface area (Å²) in [5.41, 5.74) is 0.979. The zero-order valence-electron chi connectivity index (χ0n) is 14.1. The molecule has 3 rings (SSSR count). The van der Waals surface area contributed by atoms with E-state index in [1.54, 1.807) is 29.7 Å². The van der Waals surface area contributed by atoms with Crippen molar-refractivity contribution in [3.05, 3.63) is 82.4 Å². The van der Waals surface area contributed by atoms with Crippen LogP contribution in [0.1, 0.15) is 28.7 Å². The first-order valence-electron chi connectivity index (χ1n) is 8.28. The van der Waals surface area contributed by atoms with E-state index < -0.39 is 5.97 Å². The molecule has 1 N–H and O–H groups in total. The van der Waals surface area contributed by atoms with Gasteiger partial charge in [0.15, 0.2) is 6.61 Å². The predicted octanol–water partition coefficient (Wildman–Crippen LogP) is 3.72. The predicted molar refractivity (Wildman–Crippen MR) is 98.7 cm³/mol. The van der Waals surface area contributed by atoms with Crippen molar-refractivity contribution >= 4 is 23.2 Å². The summed E-state index contributed by atoms with van der Waals surface area (Å²) in [5, 5.41) is 4.90. The molecule has 1 aromatic carbocycles. The van der Waals surface area contributed by atoms with Crippen LogP contribution in [0.15, 0.2) is 70.7 Å². The summed E-state index contributed by atoms with van der Waals surface area (Å²) in [6, 6.07) is 16.9. The van der Waals surface area contributed by atoms with Crippen molar-refractivity contribution in [3.63, 3.8) is 0 Å². The Kier molecular flexibility index (Phi) is 6.22. The summed E-state index contributed by atoms with van der Waals surface area (Å²) in [5.74, 6) is -0.0456. The Morgan fingerprint density at radius 2 is 1.92 bits per heavy atom. The first-order valence-corrected chi connectivity index (χ1v) is 9.16. The van der Waals surface area contributed by atoms with Gasteiger partial charge in [-0.15, -0.1) is 11.3 Å². The van der Waals surface area contributed by atoms with E-state index >= 15 is 0 Å². The van der Waals surface area contributed by atoms with E-state index in [1.807, 2.05) is 47.8 Å². The molecule has 134 valence electrons. The number of carbonyl (C=O) groups is 2. The molecule has 0 unspecified atom stereocenters. The zero-order valence-corrected chi connectivity index (χ0v) is 14.9. The van der Waals surface area contributed by atoms with Crippen LogP contribution in [0.2, 0.25) is 0 Å². The minimum absolute atomic E-state index is 0.174. The number of benzene rings is 1. The first kappa shape index (κ1) is 17.9. The first-order chi connectivity index (χ1) is 12.7. The Labute approximate surface area is 155 Å². The van der Waals surface area contributed by atoms with Crippen LogP contribution >= 0.6 is 11.3 Å². The number of amides is 1. The lowest BCUT2D eigenvalue weighted by molar-refractivity contribution is -0.148. The van der Waals surface area contributed by atoms with Crippen LogP contribution in [0.5, 0.6) is 0 Å². The van der Waals surface area contributed by atoms with Gasteiger partial charge in [0.25, 0.3) is 5.91 Å². The Morgan fingerprint density at radius 3 is 2.62 bits per heavy atom. The van der Waals surface area contributed by atoms with Gasteiger partial charge in [-0.2, -0.15) is 0 Å². The molecular weight excluding hydrogens is 350 g/mol. The average Bonchev–Trinajstić information content (AvgIpc) is 3.37. The number of nitrogens with one attached hydrogen (secondary N) is 1. The maximum Gasteiger partial charge on any atom is 0.306 e. The molecule has 0 aliphatic rings. The second kappa shape index (κ2) is 9.01. The molecule has 0 radical (unpaired) electrons. The number of rotatable bonds is 8. The molecule has 0 aliphatic heterocycles. The van der Waals surface area contributed by atoms with Crippen molar-refractivity contribution in [2.24, 2.45) is 0 Å². The number of aryl methyl sites for hydroxylation is 1. The number of esters is 1. The molecule has 0 fully saturated rings. The molecule has 0 saturated heterocycles. The van der Waals surface area contributed by atoms with E-state index in [0.29, 0.717) is 12.2 Å². The van der Waals surface area contributed by atoms with E-state index in [1.165, 1.54) is 0 Å². The van der Waals surface area contributed by atoms with Crippen LogP contribution in [0, 0.1) is 0 Å². The van der Waals surface area contributed by atoms with Gasteiger partial charge in [-0.1, -0.05) is 36.4 Å². The van der Waals surface area contributed by atoms with Crippen molar-refractivity contribution in [2.45, 2.75) is 18.9 Å². The molecule has 6 heteroatoms. The molecule has 2 heterocycles. The third-order valence-electron chi connectivity index (χ3n) is 3.79. The van der Waals surface area contributed by atoms with Crippen LogP contribution in [-0.4, -0.2) is 18.5 Å². The fourth-order valence-corrected chi connectivity index (χ4v) is 3.32. The lowest BCUT2D eigenvalue weighted by Gasteiger charge is -2.18. The Morgan fingerprint density at radius 1 is 1.08 bits per heavy atom. The van der Waals surface area contributed by atoms with Gasteiger partial charge >= 0.3 is 5.97 Å². The van der Waals surface area contributed by atoms with Crippen LogP contribution in [-0.2, 0) is 20.7 Å². The molecule has 0 aliphatic carbocycles. The van der Waals surface area contributed by atoms with E-state index in [4.69, 9.17) is 9.15 Å². The maximum atomic E-state index is 12.3. The zero-order chi connectivity index (χ0) is 18.2. The van der Waals surface area contributed by atoms with Crippen molar-refractivity contribution in [2.75, 3.05) is 6.61 Å². The molecule has 0 bridgehead atoms. The van der Waals surface area contributed by atoms with Crippen LogP contribution in [0.3, 0.4) is 0 Å². The van der Waals surface area contributed by atoms with Gasteiger partial charge < -0.3 is 14.5 Å². The molecule has 3 aromatic rings. The summed E-state index contributed by atoms with van der Waals surface area (Å²) < 4.78 is 10.2. The summed E-state index contributed by atoms with van der Waals surface area (Å²) >= 11 is 1.57. The van der Waals surface area contributed by atoms with E-state index in [9.17, 15) is 9.59 Å². The monoisotopic (exact) mass is 369 g/mol. The highest BCUT2D eigenvalue weighted by atomic mass is 32.1.